The smallest absolute Gasteiger partial charge is 0.293 e. The molecular weight excluding hydrogens is 356 g/mol. The largest absolute Gasteiger partial charge is 0.365 e. The summed E-state index contributed by atoms with van der Waals surface area (Å²) in [7, 11) is 0. The van der Waals surface area contributed by atoms with Crippen molar-refractivity contribution in [2.75, 3.05) is 23.3 Å². The van der Waals surface area contributed by atoms with Gasteiger partial charge in [0.25, 0.3) is 5.69 Å². The van der Waals surface area contributed by atoms with Gasteiger partial charge in [-0.3, -0.25) is 19.7 Å². The molecule has 1 aliphatic heterocycles. The Bertz CT molecular complexity index is 837. The summed E-state index contributed by atoms with van der Waals surface area (Å²) in [6, 6.07) is 4.48. The highest BCUT2D eigenvalue weighted by Crippen LogP contribution is 2.33. The van der Waals surface area contributed by atoms with Crippen LogP contribution in [0.3, 0.4) is 0 Å². The number of thiazole rings is 1. The number of nitrogens with zero attached hydrogens (tertiary/aromatic N) is 3. The maximum absolute atomic E-state index is 12.5. The lowest BCUT2D eigenvalue weighted by Gasteiger charge is -2.33. The first kappa shape index (κ1) is 18.0. The molecule has 0 saturated carbocycles. The molecule has 3 rings (SSSR count). The minimum absolute atomic E-state index is 0.112. The predicted molar refractivity (Wildman–Crippen MR) is 98.8 cm³/mol. The van der Waals surface area contributed by atoms with Crippen molar-refractivity contribution < 1.29 is 14.5 Å². The van der Waals surface area contributed by atoms with Gasteiger partial charge in [0.05, 0.1) is 10.8 Å². The van der Waals surface area contributed by atoms with Gasteiger partial charge >= 0.3 is 0 Å². The molecule has 9 heteroatoms. The van der Waals surface area contributed by atoms with Crippen molar-refractivity contribution in [1.82, 2.24) is 4.98 Å². The van der Waals surface area contributed by atoms with Crippen LogP contribution in [-0.2, 0) is 4.79 Å². The number of nitrogens with one attached hydrogen (secondary N) is 1. The Labute approximate surface area is 154 Å². The number of ketones is 1. The number of hydrogen-bond acceptors (Lipinski definition) is 7. The third kappa shape index (κ3) is 3.88. The summed E-state index contributed by atoms with van der Waals surface area (Å²) in [5.74, 6) is -0.633. The highest BCUT2D eigenvalue weighted by molar-refractivity contribution is 7.13. The second-order valence-corrected chi connectivity index (χ2v) is 7.02. The van der Waals surface area contributed by atoms with Crippen molar-refractivity contribution >= 4 is 39.5 Å². The van der Waals surface area contributed by atoms with Crippen molar-refractivity contribution in [3.05, 3.63) is 45.5 Å². The van der Waals surface area contributed by atoms with E-state index in [0.29, 0.717) is 35.9 Å². The Morgan fingerprint density at radius 3 is 2.88 bits per heavy atom. The van der Waals surface area contributed by atoms with Gasteiger partial charge in [-0.25, -0.2) is 4.98 Å². The molecule has 2 aromatic rings. The Hall–Kier alpha value is -2.81. The van der Waals surface area contributed by atoms with Crippen molar-refractivity contribution in [3.8, 4) is 0 Å². The molecule has 1 aromatic heterocycles. The van der Waals surface area contributed by atoms with E-state index in [1.807, 2.05) is 4.90 Å². The SMILES string of the molecule is CC(=O)c1ccc(N2CCC[C@@H](C(=O)Nc3nccs3)C2)c([N+](=O)[O-])c1. The minimum atomic E-state index is -0.485. The molecular formula is C17H18N4O4S. The summed E-state index contributed by atoms with van der Waals surface area (Å²) in [6.45, 7) is 2.39. The number of anilines is 2. The molecule has 0 aliphatic carbocycles. The first-order valence-electron chi connectivity index (χ1n) is 8.20. The van der Waals surface area contributed by atoms with Crippen LogP contribution in [0.25, 0.3) is 0 Å². The number of nitro benzene ring substituents is 1. The number of piperidine rings is 1. The molecule has 0 bridgehead atoms. The van der Waals surface area contributed by atoms with Crippen LogP contribution in [0.1, 0.15) is 30.1 Å². The summed E-state index contributed by atoms with van der Waals surface area (Å²) in [5.41, 5.74) is 0.626. The summed E-state index contributed by atoms with van der Waals surface area (Å²) in [4.78, 5) is 40.8. The predicted octanol–water partition coefficient (Wildman–Crippen LogP) is 3.11. The van der Waals surface area contributed by atoms with Gasteiger partial charge < -0.3 is 10.2 Å². The highest BCUT2D eigenvalue weighted by atomic mass is 32.1. The molecule has 1 N–H and O–H groups in total. The van der Waals surface area contributed by atoms with Crippen LogP contribution >= 0.6 is 11.3 Å². The maximum Gasteiger partial charge on any atom is 0.293 e. The molecule has 0 unspecified atom stereocenters. The fraction of sp³-hybridized carbons (Fsp3) is 0.353. The maximum atomic E-state index is 12.5. The van der Waals surface area contributed by atoms with Gasteiger partial charge in [0.2, 0.25) is 5.91 Å². The van der Waals surface area contributed by atoms with Crippen LogP contribution in [0.2, 0.25) is 0 Å². The van der Waals surface area contributed by atoms with Gasteiger partial charge in [0.15, 0.2) is 10.9 Å². The molecule has 1 aromatic carbocycles. The van der Waals surface area contributed by atoms with E-state index >= 15 is 0 Å². The Morgan fingerprint density at radius 1 is 1.42 bits per heavy atom. The first-order chi connectivity index (χ1) is 12.5. The van der Waals surface area contributed by atoms with E-state index < -0.39 is 4.92 Å². The third-order valence-electron chi connectivity index (χ3n) is 4.37. The van der Waals surface area contributed by atoms with Gasteiger partial charge in [-0.1, -0.05) is 0 Å². The van der Waals surface area contributed by atoms with Crippen molar-refractivity contribution in [1.29, 1.82) is 0 Å². The lowest BCUT2D eigenvalue weighted by atomic mass is 9.96. The van der Waals surface area contributed by atoms with Crippen LogP contribution in [0.15, 0.2) is 29.8 Å². The zero-order valence-electron chi connectivity index (χ0n) is 14.2. The number of carbonyl (C=O) groups excluding carboxylic acids is 2. The average Bonchev–Trinajstić information content (AvgIpc) is 3.14. The van der Waals surface area contributed by atoms with E-state index in [4.69, 9.17) is 0 Å². The third-order valence-corrected chi connectivity index (χ3v) is 5.06. The van der Waals surface area contributed by atoms with Gasteiger partial charge in [0, 0.05) is 36.3 Å². The topological polar surface area (TPSA) is 105 Å². The minimum Gasteiger partial charge on any atom is -0.365 e. The molecule has 2 heterocycles. The van der Waals surface area contributed by atoms with E-state index in [-0.39, 0.29) is 23.3 Å². The van der Waals surface area contributed by atoms with Crippen LogP contribution in [0.5, 0.6) is 0 Å². The lowest BCUT2D eigenvalue weighted by Crippen LogP contribution is -2.41. The lowest BCUT2D eigenvalue weighted by molar-refractivity contribution is -0.384. The van der Waals surface area contributed by atoms with Crippen molar-refractivity contribution in [2.45, 2.75) is 19.8 Å². The average molecular weight is 374 g/mol. The fourth-order valence-electron chi connectivity index (χ4n) is 3.06. The second kappa shape index (κ2) is 7.61. The number of hydrogen-bond donors (Lipinski definition) is 1. The van der Waals surface area contributed by atoms with Gasteiger partial charge in [-0.15, -0.1) is 11.3 Å². The molecule has 0 radical (unpaired) electrons. The molecule has 1 atom stereocenters. The van der Waals surface area contributed by atoms with E-state index in [2.05, 4.69) is 10.3 Å². The summed E-state index contributed by atoms with van der Waals surface area (Å²) >= 11 is 1.35. The van der Waals surface area contributed by atoms with Crippen molar-refractivity contribution in [3.63, 3.8) is 0 Å². The van der Waals surface area contributed by atoms with Gasteiger partial charge in [-0.2, -0.15) is 0 Å². The van der Waals surface area contributed by atoms with Gasteiger partial charge in [-0.05, 0) is 31.9 Å². The van der Waals surface area contributed by atoms with Crippen LogP contribution in [0.4, 0.5) is 16.5 Å². The number of Topliss-reactive ketones (excluding diaryl/α,β-unsaturated/α-hetero) is 1. The molecule has 0 spiro atoms. The molecule has 8 nitrogen and oxygen atoms in total. The number of rotatable bonds is 5. The molecule has 136 valence electrons. The quantitative estimate of drug-likeness (QED) is 0.490. The van der Waals surface area contributed by atoms with E-state index in [1.165, 1.54) is 24.3 Å². The first-order valence-corrected chi connectivity index (χ1v) is 9.08. The fourth-order valence-corrected chi connectivity index (χ4v) is 3.59. The Balaban J connectivity index is 1.79. The normalized spacial score (nSPS) is 17.0. The Morgan fingerprint density at radius 2 is 2.23 bits per heavy atom. The number of aromatic nitrogens is 1. The van der Waals surface area contributed by atoms with Crippen LogP contribution in [-0.4, -0.2) is 34.7 Å². The molecule has 26 heavy (non-hydrogen) atoms. The summed E-state index contributed by atoms with van der Waals surface area (Å²) in [5, 5.41) is 16.6. The van der Waals surface area contributed by atoms with Crippen LogP contribution in [0, 0.1) is 16.0 Å². The van der Waals surface area contributed by atoms with E-state index in [9.17, 15) is 19.7 Å². The zero-order chi connectivity index (χ0) is 18.7. The summed E-state index contributed by atoms with van der Waals surface area (Å²) < 4.78 is 0. The van der Waals surface area contributed by atoms with Crippen molar-refractivity contribution in [2.24, 2.45) is 5.92 Å². The molecule has 1 aliphatic rings. The standard InChI is InChI=1S/C17H18N4O4S/c1-11(22)12-4-5-14(15(9-12)21(24)25)20-7-2-3-13(10-20)16(23)19-17-18-6-8-26-17/h4-6,8-9,13H,2-3,7,10H2,1H3,(H,18,19,23)/t13-/m1/s1. The van der Waals surface area contributed by atoms with Gasteiger partial charge in [0.1, 0.15) is 5.69 Å². The number of amides is 1. The number of benzene rings is 1. The second-order valence-electron chi connectivity index (χ2n) is 6.13. The zero-order valence-corrected chi connectivity index (χ0v) is 15.0. The molecule has 1 fully saturated rings. The number of nitro groups is 1. The molecule has 1 saturated heterocycles. The number of carbonyl (C=O) groups is 2. The van der Waals surface area contributed by atoms with E-state index in [1.54, 1.807) is 23.7 Å². The Kier molecular flexibility index (Phi) is 5.27. The van der Waals surface area contributed by atoms with Crippen LogP contribution < -0.4 is 10.2 Å². The van der Waals surface area contributed by atoms with E-state index in [0.717, 1.165) is 6.42 Å². The summed E-state index contributed by atoms with van der Waals surface area (Å²) in [6.07, 6.45) is 3.09. The highest BCUT2D eigenvalue weighted by Gasteiger charge is 2.30. The molecule has 1 amide bonds. The monoisotopic (exact) mass is 374 g/mol.